The Balaban J connectivity index is 2.46. The van der Waals surface area contributed by atoms with Gasteiger partial charge in [0.25, 0.3) is 0 Å². The molecule has 0 atom stereocenters. The van der Waals surface area contributed by atoms with Gasteiger partial charge in [0.05, 0.1) is 0 Å². The van der Waals surface area contributed by atoms with E-state index in [1.54, 1.807) is 6.20 Å². The second kappa shape index (κ2) is 3.69. The van der Waals surface area contributed by atoms with E-state index in [0.717, 1.165) is 24.4 Å². The molecule has 1 aromatic rings. The predicted molar refractivity (Wildman–Crippen MR) is 54.4 cm³/mol. The molecule has 0 aliphatic carbocycles. The van der Waals surface area contributed by atoms with E-state index in [0.29, 0.717) is 0 Å². The highest BCUT2D eigenvalue weighted by molar-refractivity contribution is 5.36. The summed E-state index contributed by atoms with van der Waals surface area (Å²) >= 11 is 0. The van der Waals surface area contributed by atoms with E-state index in [-0.39, 0.29) is 0 Å². The Morgan fingerprint density at radius 3 is 2.79 bits per heavy atom. The highest BCUT2D eigenvalue weighted by atomic mass is 15.3. The Bertz CT molecular complexity index is 375. The van der Waals surface area contributed by atoms with Crippen LogP contribution in [0.4, 0.5) is 5.82 Å². The zero-order valence-corrected chi connectivity index (χ0v) is 8.35. The molecule has 0 unspecified atom stereocenters. The van der Waals surface area contributed by atoms with Crippen LogP contribution >= 0.6 is 0 Å². The van der Waals surface area contributed by atoms with Gasteiger partial charge in [-0.05, 0) is 12.8 Å². The number of nitrogens with two attached hydrogens (primary N) is 1. The summed E-state index contributed by atoms with van der Waals surface area (Å²) in [4.78, 5) is 6.55. The molecule has 76 valence electrons. The fourth-order valence-corrected chi connectivity index (χ4v) is 1.79. The van der Waals surface area contributed by atoms with Crippen LogP contribution in [0.2, 0.25) is 0 Å². The maximum absolute atomic E-state index is 5.36. The molecule has 5 nitrogen and oxygen atoms in total. The fourth-order valence-electron chi connectivity index (χ4n) is 1.79. The lowest BCUT2D eigenvalue weighted by Crippen LogP contribution is -2.31. The standard InChI is InChI=1S/C9H15N5/c1-13-7-4-11-8(9(13)12-10)14-5-2-3-6-14/h4,7H,2-3,5-6,10H2,1H3/b12-9-. The highest BCUT2D eigenvalue weighted by Gasteiger charge is 2.15. The van der Waals surface area contributed by atoms with E-state index in [2.05, 4.69) is 15.0 Å². The Morgan fingerprint density at radius 1 is 1.43 bits per heavy atom. The third kappa shape index (κ3) is 1.45. The number of hydrogen-bond acceptors (Lipinski definition) is 4. The number of rotatable bonds is 1. The van der Waals surface area contributed by atoms with Gasteiger partial charge in [-0.15, -0.1) is 0 Å². The van der Waals surface area contributed by atoms with Gasteiger partial charge in [-0.2, -0.15) is 5.10 Å². The molecule has 1 aromatic heterocycles. The van der Waals surface area contributed by atoms with Gasteiger partial charge in [-0.1, -0.05) is 0 Å². The van der Waals surface area contributed by atoms with Gasteiger partial charge in [0.15, 0.2) is 11.3 Å². The molecule has 0 radical (unpaired) electrons. The second-order valence-corrected chi connectivity index (χ2v) is 3.51. The van der Waals surface area contributed by atoms with Gasteiger partial charge in [0.1, 0.15) is 0 Å². The van der Waals surface area contributed by atoms with Crippen LogP contribution in [0, 0.1) is 0 Å². The topological polar surface area (TPSA) is 59.4 Å². The van der Waals surface area contributed by atoms with Crippen LogP contribution in [-0.2, 0) is 7.05 Å². The number of aryl methyl sites for hydroxylation is 1. The van der Waals surface area contributed by atoms with Crippen LogP contribution in [0.15, 0.2) is 17.5 Å². The fraction of sp³-hybridized carbons (Fsp3) is 0.556. The summed E-state index contributed by atoms with van der Waals surface area (Å²) in [6.45, 7) is 2.11. The van der Waals surface area contributed by atoms with Crippen molar-refractivity contribution in [3.05, 3.63) is 17.9 Å². The molecule has 5 heteroatoms. The van der Waals surface area contributed by atoms with Gasteiger partial charge >= 0.3 is 0 Å². The van der Waals surface area contributed by atoms with Crippen molar-refractivity contribution in [1.29, 1.82) is 0 Å². The first kappa shape index (κ1) is 9.05. The Hall–Kier alpha value is -1.52. The summed E-state index contributed by atoms with van der Waals surface area (Å²) in [5.41, 5.74) is 0.745. The monoisotopic (exact) mass is 193 g/mol. The zero-order chi connectivity index (χ0) is 9.97. The first-order chi connectivity index (χ1) is 6.83. The molecule has 0 spiro atoms. The van der Waals surface area contributed by atoms with Gasteiger partial charge in [0.2, 0.25) is 0 Å². The van der Waals surface area contributed by atoms with Crippen molar-refractivity contribution >= 4 is 5.82 Å². The number of aromatic nitrogens is 2. The minimum atomic E-state index is 0.745. The number of hydrogen-bond donors (Lipinski definition) is 1. The summed E-state index contributed by atoms with van der Waals surface area (Å²) in [6.07, 6.45) is 6.09. The lowest BCUT2D eigenvalue weighted by Gasteiger charge is -2.16. The minimum absolute atomic E-state index is 0.745. The quantitative estimate of drug-likeness (QED) is 0.496. The van der Waals surface area contributed by atoms with Crippen molar-refractivity contribution < 1.29 is 0 Å². The van der Waals surface area contributed by atoms with Crippen molar-refractivity contribution in [2.45, 2.75) is 12.8 Å². The van der Waals surface area contributed by atoms with E-state index < -0.39 is 0 Å². The van der Waals surface area contributed by atoms with E-state index in [1.807, 2.05) is 17.8 Å². The van der Waals surface area contributed by atoms with E-state index in [9.17, 15) is 0 Å². The number of nitrogens with zero attached hydrogens (tertiary/aromatic N) is 4. The SMILES string of the molecule is Cn1ccnc(N2CCCC2)/c1=N/N. The Kier molecular flexibility index (Phi) is 2.39. The van der Waals surface area contributed by atoms with Crippen molar-refractivity contribution in [1.82, 2.24) is 9.55 Å². The molecule has 0 saturated carbocycles. The van der Waals surface area contributed by atoms with E-state index in [1.165, 1.54) is 12.8 Å². The minimum Gasteiger partial charge on any atom is -0.353 e. The van der Waals surface area contributed by atoms with Gasteiger partial charge in [-0.3, -0.25) is 0 Å². The molecule has 2 rings (SSSR count). The molecule has 0 aromatic carbocycles. The van der Waals surface area contributed by atoms with Crippen LogP contribution in [0.1, 0.15) is 12.8 Å². The molecule has 1 saturated heterocycles. The Labute approximate surface area is 82.9 Å². The molecule has 2 heterocycles. The second-order valence-electron chi connectivity index (χ2n) is 3.51. The lowest BCUT2D eigenvalue weighted by molar-refractivity contribution is 0.775. The summed E-state index contributed by atoms with van der Waals surface area (Å²) in [5.74, 6) is 6.25. The Morgan fingerprint density at radius 2 is 2.14 bits per heavy atom. The zero-order valence-electron chi connectivity index (χ0n) is 8.35. The molecule has 0 bridgehead atoms. The summed E-state index contributed by atoms with van der Waals surface area (Å²) < 4.78 is 1.89. The summed E-state index contributed by atoms with van der Waals surface area (Å²) in [6, 6.07) is 0. The van der Waals surface area contributed by atoms with Crippen molar-refractivity contribution in [2.75, 3.05) is 18.0 Å². The molecule has 14 heavy (non-hydrogen) atoms. The van der Waals surface area contributed by atoms with Crippen LogP contribution in [0.3, 0.4) is 0 Å². The van der Waals surface area contributed by atoms with Crippen LogP contribution in [0.25, 0.3) is 0 Å². The lowest BCUT2D eigenvalue weighted by atomic mass is 10.4. The molecule has 1 aliphatic rings. The molecule has 2 N–H and O–H groups in total. The molecular weight excluding hydrogens is 178 g/mol. The van der Waals surface area contributed by atoms with E-state index in [4.69, 9.17) is 5.84 Å². The van der Waals surface area contributed by atoms with Crippen molar-refractivity contribution in [3.8, 4) is 0 Å². The maximum atomic E-state index is 5.36. The molecule has 1 fully saturated rings. The average Bonchev–Trinajstić information content (AvgIpc) is 2.70. The smallest absolute Gasteiger partial charge is 0.194 e. The first-order valence-electron chi connectivity index (χ1n) is 4.83. The average molecular weight is 193 g/mol. The van der Waals surface area contributed by atoms with Gasteiger partial charge < -0.3 is 15.3 Å². The summed E-state index contributed by atoms with van der Waals surface area (Å²) in [5, 5.41) is 3.77. The highest BCUT2D eigenvalue weighted by Crippen LogP contribution is 2.12. The van der Waals surface area contributed by atoms with Crippen molar-refractivity contribution in [3.63, 3.8) is 0 Å². The summed E-state index contributed by atoms with van der Waals surface area (Å²) in [7, 11) is 1.92. The van der Waals surface area contributed by atoms with Crippen LogP contribution in [0.5, 0.6) is 0 Å². The van der Waals surface area contributed by atoms with Crippen LogP contribution < -0.4 is 16.2 Å². The normalized spacial score (nSPS) is 17.8. The van der Waals surface area contributed by atoms with Gasteiger partial charge in [0, 0.05) is 32.5 Å². The molecule has 0 amide bonds. The number of anilines is 1. The first-order valence-corrected chi connectivity index (χ1v) is 4.83. The van der Waals surface area contributed by atoms with Crippen LogP contribution in [-0.4, -0.2) is 22.6 Å². The maximum Gasteiger partial charge on any atom is 0.194 e. The largest absolute Gasteiger partial charge is 0.353 e. The third-order valence-electron chi connectivity index (χ3n) is 2.55. The third-order valence-corrected chi connectivity index (χ3v) is 2.55. The predicted octanol–water partition coefficient (Wildman–Crippen LogP) is -0.205. The molecule has 1 aliphatic heterocycles. The molecular formula is C9H15N5. The van der Waals surface area contributed by atoms with E-state index >= 15 is 0 Å². The van der Waals surface area contributed by atoms with Gasteiger partial charge in [-0.25, -0.2) is 4.98 Å². The van der Waals surface area contributed by atoms with Crippen molar-refractivity contribution in [2.24, 2.45) is 18.0 Å².